The zero-order valence-electron chi connectivity index (χ0n) is 13.0. The van der Waals surface area contributed by atoms with Crippen LogP contribution in [0.25, 0.3) is 0 Å². The van der Waals surface area contributed by atoms with E-state index in [1.807, 2.05) is 0 Å². The molecule has 19 heavy (non-hydrogen) atoms. The summed E-state index contributed by atoms with van der Waals surface area (Å²) in [6, 6.07) is 0.474. The molecule has 1 rings (SSSR count). The molecule has 1 aliphatic heterocycles. The van der Waals surface area contributed by atoms with Crippen molar-refractivity contribution in [2.75, 3.05) is 26.2 Å². The van der Waals surface area contributed by atoms with E-state index in [-0.39, 0.29) is 5.91 Å². The van der Waals surface area contributed by atoms with Crippen LogP contribution in [0.3, 0.4) is 0 Å². The third-order valence-corrected chi connectivity index (χ3v) is 3.41. The van der Waals surface area contributed by atoms with E-state index in [0.29, 0.717) is 12.6 Å². The molecule has 0 aliphatic carbocycles. The molecule has 1 saturated heterocycles. The molecule has 0 aromatic rings. The monoisotopic (exact) mass is 272 g/mol. The van der Waals surface area contributed by atoms with Gasteiger partial charge in [-0.3, -0.25) is 9.69 Å². The van der Waals surface area contributed by atoms with E-state index >= 15 is 0 Å². The predicted molar refractivity (Wildman–Crippen MR) is 80.2 cm³/mol. The van der Waals surface area contributed by atoms with Crippen molar-refractivity contribution in [3.8, 4) is 0 Å². The van der Waals surface area contributed by atoms with Gasteiger partial charge in [-0.1, -0.05) is 26.7 Å². The number of amides is 1. The van der Waals surface area contributed by atoms with E-state index in [9.17, 15) is 4.79 Å². The van der Waals surface area contributed by atoms with Crippen molar-refractivity contribution in [3.05, 3.63) is 0 Å². The summed E-state index contributed by atoms with van der Waals surface area (Å²) < 4.78 is 0. The van der Waals surface area contributed by atoms with E-state index in [1.54, 1.807) is 0 Å². The van der Waals surface area contributed by atoms with Crippen molar-refractivity contribution in [3.63, 3.8) is 0 Å². The van der Waals surface area contributed by atoms with Crippen molar-refractivity contribution in [1.29, 1.82) is 0 Å². The lowest BCUT2D eigenvalue weighted by molar-refractivity contribution is -0.118. The first kappa shape index (κ1) is 18.4. The number of unbranched alkanes of at least 4 members (excludes halogenated alkanes) is 2. The fourth-order valence-electron chi connectivity index (χ4n) is 2.20. The van der Waals surface area contributed by atoms with Gasteiger partial charge in [0.2, 0.25) is 5.91 Å². The van der Waals surface area contributed by atoms with Crippen LogP contribution in [-0.4, -0.2) is 48.2 Å². The Morgan fingerprint density at radius 3 is 2.53 bits per heavy atom. The minimum absolute atomic E-state index is 0.0680. The summed E-state index contributed by atoms with van der Waals surface area (Å²) in [7, 11) is 0. The van der Waals surface area contributed by atoms with Crippen molar-refractivity contribution in [2.24, 2.45) is 0 Å². The van der Waals surface area contributed by atoms with Gasteiger partial charge in [0.1, 0.15) is 0 Å². The van der Waals surface area contributed by atoms with Crippen LogP contribution in [0.4, 0.5) is 0 Å². The highest BCUT2D eigenvalue weighted by atomic mass is 16.3. The zero-order chi connectivity index (χ0) is 14.5. The lowest BCUT2D eigenvalue weighted by Gasteiger charge is -2.21. The summed E-state index contributed by atoms with van der Waals surface area (Å²) in [5.74, 6) is 0.0680. The van der Waals surface area contributed by atoms with Crippen molar-refractivity contribution < 1.29 is 9.90 Å². The average Bonchev–Trinajstić information content (AvgIpc) is 2.84. The van der Waals surface area contributed by atoms with Gasteiger partial charge in [-0.05, 0) is 38.8 Å². The van der Waals surface area contributed by atoms with E-state index in [4.69, 9.17) is 5.11 Å². The van der Waals surface area contributed by atoms with Gasteiger partial charge in [0.25, 0.3) is 0 Å². The number of hydrogen-bond donors (Lipinski definition) is 2. The van der Waals surface area contributed by atoms with E-state index < -0.39 is 0 Å². The van der Waals surface area contributed by atoms with Crippen LogP contribution in [-0.2, 0) is 4.79 Å². The highest BCUT2D eigenvalue weighted by Gasteiger charge is 2.22. The number of hydrogen-bond acceptors (Lipinski definition) is 3. The molecule has 0 aromatic carbocycles. The Kier molecular flexibility index (Phi) is 12.0. The maximum atomic E-state index is 10.2. The molecule has 0 spiro atoms. The first-order valence-electron chi connectivity index (χ1n) is 7.75. The molecular weight excluding hydrogens is 240 g/mol. The number of likely N-dealkylation sites (tertiary alicyclic amines) is 1. The van der Waals surface area contributed by atoms with Crippen LogP contribution in [0.2, 0.25) is 0 Å². The molecule has 1 heterocycles. The zero-order valence-corrected chi connectivity index (χ0v) is 13.0. The second-order valence-corrected chi connectivity index (χ2v) is 5.20. The molecule has 0 bridgehead atoms. The summed E-state index contributed by atoms with van der Waals surface area (Å²) in [4.78, 5) is 12.6. The van der Waals surface area contributed by atoms with Crippen LogP contribution in [0.1, 0.15) is 59.3 Å². The second-order valence-electron chi connectivity index (χ2n) is 5.20. The van der Waals surface area contributed by atoms with Crippen LogP contribution >= 0.6 is 0 Å². The minimum Gasteiger partial charge on any atom is -0.395 e. The minimum atomic E-state index is 0.0680. The van der Waals surface area contributed by atoms with E-state index in [0.717, 1.165) is 19.4 Å². The van der Waals surface area contributed by atoms with E-state index in [1.165, 1.54) is 45.7 Å². The summed E-state index contributed by atoms with van der Waals surface area (Å²) in [6.07, 6.45) is 7.22. The van der Waals surface area contributed by atoms with Gasteiger partial charge in [0.15, 0.2) is 0 Å². The van der Waals surface area contributed by atoms with Gasteiger partial charge in [-0.2, -0.15) is 0 Å². The lowest BCUT2D eigenvalue weighted by Crippen LogP contribution is -2.32. The molecule has 0 aromatic heterocycles. The Balaban J connectivity index is 0.000000362. The molecular formula is C15H32N2O2. The normalized spacial score (nSPS) is 18.8. The first-order valence-corrected chi connectivity index (χ1v) is 7.75. The summed E-state index contributed by atoms with van der Waals surface area (Å²) in [5.41, 5.74) is 0. The molecule has 0 saturated carbocycles. The average molecular weight is 272 g/mol. The largest absolute Gasteiger partial charge is 0.395 e. The summed E-state index contributed by atoms with van der Waals surface area (Å²) in [6.45, 7) is 9.41. The Bertz CT molecular complexity index is 222. The second kappa shape index (κ2) is 12.4. The smallest absolute Gasteiger partial charge is 0.216 e. The standard InChI is InChI=1S/C9H19NO.C6H13NO/c1-2-3-6-10-7-4-5-9(10)8-11;1-3-4-5-7-6(2)8/h9,11H,2-8H2,1H3;3-5H2,1-2H3,(H,7,8). The Hall–Kier alpha value is -0.610. The third kappa shape index (κ3) is 9.91. The number of carbonyl (C=O) groups is 1. The molecule has 0 radical (unpaired) electrons. The Morgan fingerprint density at radius 1 is 1.32 bits per heavy atom. The predicted octanol–water partition coefficient (Wildman–Crippen LogP) is 2.17. The molecule has 4 nitrogen and oxygen atoms in total. The number of nitrogens with zero attached hydrogens (tertiary/aromatic N) is 1. The number of nitrogens with one attached hydrogen (secondary N) is 1. The number of aliphatic hydroxyl groups is 1. The van der Waals surface area contributed by atoms with Crippen LogP contribution < -0.4 is 5.32 Å². The van der Waals surface area contributed by atoms with Gasteiger partial charge >= 0.3 is 0 Å². The number of aliphatic hydroxyl groups excluding tert-OH is 1. The molecule has 1 amide bonds. The molecule has 1 fully saturated rings. The number of rotatable bonds is 7. The summed E-state index contributed by atoms with van der Waals surface area (Å²) in [5, 5.41) is 11.7. The molecule has 4 heteroatoms. The van der Waals surface area contributed by atoms with Gasteiger partial charge in [-0.25, -0.2) is 0 Å². The highest BCUT2D eigenvalue weighted by molar-refractivity contribution is 5.72. The Morgan fingerprint density at radius 2 is 2.00 bits per heavy atom. The van der Waals surface area contributed by atoms with Gasteiger partial charge in [0, 0.05) is 19.5 Å². The maximum absolute atomic E-state index is 10.2. The van der Waals surface area contributed by atoms with Crippen molar-refractivity contribution >= 4 is 5.91 Å². The quantitative estimate of drug-likeness (QED) is 0.698. The molecule has 1 unspecified atom stereocenters. The van der Waals surface area contributed by atoms with Gasteiger partial charge in [0.05, 0.1) is 6.61 Å². The maximum Gasteiger partial charge on any atom is 0.216 e. The topological polar surface area (TPSA) is 52.6 Å². The SMILES string of the molecule is CCCCN1CCCC1CO.CCCCNC(C)=O. The summed E-state index contributed by atoms with van der Waals surface area (Å²) >= 11 is 0. The Labute approximate surface area is 118 Å². The van der Waals surface area contributed by atoms with Crippen LogP contribution in [0.15, 0.2) is 0 Å². The highest BCUT2D eigenvalue weighted by Crippen LogP contribution is 2.16. The first-order chi connectivity index (χ1) is 9.15. The molecule has 114 valence electrons. The molecule has 1 aliphatic rings. The fraction of sp³-hybridized carbons (Fsp3) is 0.933. The van der Waals surface area contributed by atoms with Crippen LogP contribution in [0, 0.1) is 0 Å². The number of carbonyl (C=O) groups excluding carboxylic acids is 1. The van der Waals surface area contributed by atoms with Crippen molar-refractivity contribution in [2.45, 2.75) is 65.3 Å². The van der Waals surface area contributed by atoms with Crippen LogP contribution in [0.5, 0.6) is 0 Å². The van der Waals surface area contributed by atoms with Crippen molar-refractivity contribution in [1.82, 2.24) is 10.2 Å². The lowest BCUT2D eigenvalue weighted by atomic mass is 10.2. The van der Waals surface area contributed by atoms with E-state index in [2.05, 4.69) is 24.1 Å². The fourth-order valence-corrected chi connectivity index (χ4v) is 2.20. The molecule has 2 N–H and O–H groups in total. The third-order valence-electron chi connectivity index (χ3n) is 3.41. The van der Waals surface area contributed by atoms with Gasteiger partial charge < -0.3 is 10.4 Å². The molecule has 1 atom stereocenters. The van der Waals surface area contributed by atoms with Gasteiger partial charge in [-0.15, -0.1) is 0 Å².